The fourth-order valence-electron chi connectivity index (χ4n) is 5.80. The van der Waals surface area contributed by atoms with E-state index in [1.807, 2.05) is 42.5 Å². The van der Waals surface area contributed by atoms with Crippen LogP contribution in [0.25, 0.3) is 10.8 Å². The maximum atomic E-state index is 13.5. The molecule has 0 bridgehead atoms. The summed E-state index contributed by atoms with van der Waals surface area (Å²) in [6.45, 7) is 3.03. The number of hydrogen-bond donors (Lipinski definition) is 2. The summed E-state index contributed by atoms with van der Waals surface area (Å²) in [6.07, 6.45) is 1.48. The zero-order valence-corrected chi connectivity index (χ0v) is 22.8. The van der Waals surface area contributed by atoms with Crippen molar-refractivity contribution < 1.29 is 19.0 Å². The molecule has 206 valence electrons. The van der Waals surface area contributed by atoms with Gasteiger partial charge in [0.1, 0.15) is 5.75 Å². The highest BCUT2D eigenvalue weighted by molar-refractivity contribution is 5.87. The molecule has 2 atom stereocenters. The molecule has 2 aliphatic heterocycles. The monoisotopic (exact) mass is 537 g/mol. The van der Waals surface area contributed by atoms with Crippen LogP contribution in [0.4, 0.5) is 0 Å². The van der Waals surface area contributed by atoms with Crippen molar-refractivity contribution in [2.75, 3.05) is 27.0 Å². The van der Waals surface area contributed by atoms with Crippen LogP contribution in [0.2, 0.25) is 0 Å². The molecule has 0 aromatic heterocycles. The first kappa shape index (κ1) is 26.2. The third-order valence-electron chi connectivity index (χ3n) is 7.87. The third-order valence-corrected chi connectivity index (χ3v) is 7.87. The van der Waals surface area contributed by atoms with Gasteiger partial charge < -0.3 is 24.8 Å². The first-order chi connectivity index (χ1) is 19.7. The summed E-state index contributed by atoms with van der Waals surface area (Å²) in [6, 6.07) is 28.8. The molecule has 0 radical (unpaired) electrons. The molecule has 2 aliphatic rings. The number of ether oxygens (including phenoxy) is 3. The summed E-state index contributed by atoms with van der Waals surface area (Å²) in [5, 5.41) is 9.31. The van der Waals surface area contributed by atoms with Crippen molar-refractivity contribution >= 4 is 16.7 Å². The average molecular weight is 538 g/mol. The second-order valence-electron chi connectivity index (χ2n) is 10.4. The Kier molecular flexibility index (Phi) is 7.84. The Morgan fingerprint density at radius 3 is 2.65 bits per heavy atom. The number of methoxy groups -OCH3 is 1. The van der Waals surface area contributed by atoms with Gasteiger partial charge in [0.15, 0.2) is 11.5 Å². The Morgan fingerprint density at radius 1 is 0.950 bits per heavy atom. The molecule has 2 N–H and O–H groups in total. The standard InChI is InChI=1S/C33H35N3O4/c1-38-30-14-12-25-9-5-6-10-27(25)28(30)19-35-26-18-29(36(21-26)20-24-7-3-2-4-8-24)33(37)34-16-15-23-11-13-31-32(17-23)40-22-39-31/h2-14,17,26,29,35H,15-16,18-22H2,1H3,(H,34,37)/t26-,29-/m0/s1. The van der Waals surface area contributed by atoms with E-state index in [-0.39, 0.29) is 24.8 Å². The molecule has 1 saturated heterocycles. The minimum Gasteiger partial charge on any atom is -0.496 e. The molecule has 1 amide bonds. The fourth-order valence-corrected chi connectivity index (χ4v) is 5.80. The van der Waals surface area contributed by atoms with Gasteiger partial charge in [-0.05, 0) is 52.9 Å². The van der Waals surface area contributed by atoms with E-state index in [9.17, 15) is 4.79 Å². The number of amides is 1. The summed E-state index contributed by atoms with van der Waals surface area (Å²) in [7, 11) is 1.72. The lowest BCUT2D eigenvalue weighted by Crippen LogP contribution is -2.43. The topological polar surface area (TPSA) is 72.1 Å². The van der Waals surface area contributed by atoms with Gasteiger partial charge in [0.2, 0.25) is 12.7 Å². The number of rotatable bonds is 10. The number of nitrogens with zero attached hydrogens (tertiary/aromatic N) is 1. The smallest absolute Gasteiger partial charge is 0.237 e. The molecule has 7 nitrogen and oxygen atoms in total. The predicted molar refractivity (Wildman–Crippen MR) is 156 cm³/mol. The molecule has 7 heteroatoms. The Morgan fingerprint density at radius 2 is 1.77 bits per heavy atom. The highest BCUT2D eigenvalue weighted by Crippen LogP contribution is 2.33. The lowest BCUT2D eigenvalue weighted by Gasteiger charge is -2.23. The molecule has 0 unspecified atom stereocenters. The largest absolute Gasteiger partial charge is 0.496 e. The quantitative estimate of drug-likeness (QED) is 0.306. The van der Waals surface area contributed by atoms with Gasteiger partial charge in [0.05, 0.1) is 13.2 Å². The molecule has 1 fully saturated rings. The van der Waals surface area contributed by atoms with Gasteiger partial charge in [-0.2, -0.15) is 0 Å². The predicted octanol–water partition coefficient (Wildman–Crippen LogP) is 4.67. The van der Waals surface area contributed by atoms with Crippen LogP contribution >= 0.6 is 0 Å². The second kappa shape index (κ2) is 12.0. The number of nitrogens with one attached hydrogen (secondary N) is 2. The highest BCUT2D eigenvalue weighted by atomic mass is 16.7. The number of benzene rings is 4. The number of carbonyl (C=O) groups excluding carboxylic acids is 1. The zero-order valence-electron chi connectivity index (χ0n) is 22.8. The van der Waals surface area contributed by atoms with Crippen molar-refractivity contribution in [3.63, 3.8) is 0 Å². The normalized spacial score (nSPS) is 18.2. The van der Waals surface area contributed by atoms with Crippen LogP contribution < -0.4 is 24.8 Å². The summed E-state index contributed by atoms with van der Waals surface area (Å²) >= 11 is 0. The Balaban J connectivity index is 1.12. The average Bonchev–Trinajstić information content (AvgIpc) is 3.63. The Hall–Kier alpha value is -4.07. The molecule has 0 aliphatic carbocycles. The summed E-state index contributed by atoms with van der Waals surface area (Å²) in [4.78, 5) is 15.8. The van der Waals surface area contributed by atoms with Crippen molar-refractivity contribution in [3.8, 4) is 17.2 Å². The summed E-state index contributed by atoms with van der Waals surface area (Å²) in [5.41, 5.74) is 3.46. The van der Waals surface area contributed by atoms with Crippen LogP contribution in [0, 0.1) is 0 Å². The van der Waals surface area contributed by atoms with Crippen LogP contribution in [-0.4, -0.2) is 49.9 Å². The Bertz CT molecular complexity index is 1480. The lowest BCUT2D eigenvalue weighted by molar-refractivity contribution is -0.125. The van der Waals surface area contributed by atoms with E-state index in [2.05, 4.69) is 58.0 Å². The van der Waals surface area contributed by atoms with Crippen molar-refractivity contribution in [1.82, 2.24) is 15.5 Å². The van der Waals surface area contributed by atoms with Gasteiger partial charge >= 0.3 is 0 Å². The molecule has 4 aromatic carbocycles. The molecule has 40 heavy (non-hydrogen) atoms. The van der Waals surface area contributed by atoms with Gasteiger partial charge in [-0.15, -0.1) is 0 Å². The summed E-state index contributed by atoms with van der Waals surface area (Å²) < 4.78 is 16.6. The van der Waals surface area contributed by atoms with Gasteiger partial charge in [0, 0.05) is 37.8 Å². The maximum Gasteiger partial charge on any atom is 0.237 e. The van der Waals surface area contributed by atoms with E-state index in [1.54, 1.807) is 7.11 Å². The zero-order chi connectivity index (χ0) is 27.3. The van der Waals surface area contributed by atoms with Gasteiger partial charge in [-0.3, -0.25) is 9.69 Å². The first-order valence-corrected chi connectivity index (χ1v) is 13.9. The van der Waals surface area contributed by atoms with E-state index in [0.717, 1.165) is 54.3 Å². The van der Waals surface area contributed by atoms with E-state index < -0.39 is 0 Å². The number of likely N-dealkylation sites (tertiary alicyclic amines) is 1. The summed E-state index contributed by atoms with van der Waals surface area (Å²) in [5.74, 6) is 2.49. The van der Waals surface area contributed by atoms with Crippen LogP contribution in [0.1, 0.15) is 23.1 Å². The molecule has 0 saturated carbocycles. The van der Waals surface area contributed by atoms with Crippen LogP contribution in [0.3, 0.4) is 0 Å². The molecular formula is C33H35N3O4. The van der Waals surface area contributed by atoms with E-state index >= 15 is 0 Å². The number of fused-ring (bicyclic) bond motifs is 2. The van der Waals surface area contributed by atoms with Gasteiger partial charge in [-0.1, -0.05) is 66.7 Å². The van der Waals surface area contributed by atoms with Gasteiger partial charge in [0.25, 0.3) is 0 Å². The number of carbonyl (C=O) groups is 1. The van der Waals surface area contributed by atoms with Crippen molar-refractivity contribution in [2.45, 2.75) is 38.0 Å². The lowest BCUT2D eigenvalue weighted by atomic mass is 10.0. The SMILES string of the molecule is COc1ccc2ccccc2c1CN[C@H]1C[C@@H](C(=O)NCCc2ccc3c(c2)OCO3)N(Cc2ccccc2)C1. The molecule has 6 rings (SSSR count). The van der Waals surface area contributed by atoms with E-state index in [4.69, 9.17) is 14.2 Å². The van der Waals surface area contributed by atoms with Crippen molar-refractivity contribution in [1.29, 1.82) is 0 Å². The van der Waals surface area contributed by atoms with Gasteiger partial charge in [-0.25, -0.2) is 0 Å². The number of hydrogen-bond acceptors (Lipinski definition) is 6. The fraction of sp³-hybridized carbons (Fsp3) is 0.303. The first-order valence-electron chi connectivity index (χ1n) is 13.9. The van der Waals surface area contributed by atoms with E-state index in [1.165, 1.54) is 16.3 Å². The molecule has 0 spiro atoms. The van der Waals surface area contributed by atoms with E-state index in [0.29, 0.717) is 13.1 Å². The van der Waals surface area contributed by atoms with Crippen LogP contribution in [0.15, 0.2) is 84.9 Å². The Labute approximate surface area is 235 Å². The van der Waals surface area contributed by atoms with Crippen molar-refractivity contribution in [3.05, 3.63) is 102 Å². The minimum atomic E-state index is -0.205. The molecule has 4 aromatic rings. The minimum absolute atomic E-state index is 0.0729. The molecule has 2 heterocycles. The molecular weight excluding hydrogens is 502 g/mol. The van der Waals surface area contributed by atoms with Crippen LogP contribution in [-0.2, 0) is 24.3 Å². The maximum absolute atomic E-state index is 13.5. The second-order valence-corrected chi connectivity index (χ2v) is 10.4. The van der Waals surface area contributed by atoms with Crippen LogP contribution in [0.5, 0.6) is 17.2 Å². The highest BCUT2D eigenvalue weighted by Gasteiger charge is 2.36. The van der Waals surface area contributed by atoms with Crippen molar-refractivity contribution in [2.24, 2.45) is 0 Å². The third kappa shape index (κ3) is 5.76.